The standard InChI is InChI=1S/C18H22ClNO3/c19-15-12-14(13-16-18(15)23-11-5-10-22-16)6-7-17(21)20-8-3-1-2-4-9-20/h6-7,12-13H,1-5,8-11H2/b7-6+. The van der Waals surface area contributed by atoms with Crippen molar-refractivity contribution in [1.29, 1.82) is 0 Å². The summed E-state index contributed by atoms with van der Waals surface area (Å²) >= 11 is 6.27. The Morgan fingerprint density at radius 1 is 1.04 bits per heavy atom. The van der Waals surface area contributed by atoms with Crippen LogP contribution in [0, 0.1) is 0 Å². The third-order valence-corrected chi connectivity index (χ3v) is 4.44. The van der Waals surface area contributed by atoms with Crippen LogP contribution in [-0.4, -0.2) is 37.1 Å². The molecule has 0 saturated carbocycles. The van der Waals surface area contributed by atoms with Crippen LogP contribution in [0.4, 0.5) is 0 Å². The van der Waals surface area contributed by atoms with Gasteiger partial charge in [-0.15, -0.1) is 0 Å². The first-order chi connectivity index (χ1) is 11.2. The highest BCUT2D eigenvalue weighted by atomic mass is 35.5. The van der Waals surface area contributed by atoms with E-state index in [1.807, 2.05) is 11.0 Å². The monoisotopic (exact) mass is 335 g/mol. The van der Waals surface area contributed by atoms with E-state index in [0.717, 1.165) is 37.9 Å². The fourth-order valence-electron chi connectivity index (χ4n) is 2.91. The van der Waals surface area contributed by atoms with Gasteiger partial charge in [-0.1, -0.05) is 24.4 Å². The van der Waals surface area contributed by atoms with Crippen molar-refractivity contribution in [2.45, 2.75) is 32.1 Å². The van der Waals surface area contributed by atoms with Crippen LogP contribution in [0.2, 0.25) is 5.02 Å². The Kier molecular flexibility index (Phi) is 5.44. The maximum absolute atomic E-state index is 12.3. The van der Waals surface area contributed by atoms with Crippen LogP contribution in [0.1, 0.15) is 37.7 Å². The first-order valence-electron chi connectivity index (χ1n) is 8.30. The topological polar surface area (TPSA) is 38.8 Å². The Labute approximate surface area is 142 Å². The summed E-state index contributed by atoms with van der Waals surface area (Å²) in [4.78, 5) is 14.2. The van der Waals surface area contributed by atoms with Crippen molar-refractivity contribution in [2.24, 2.45) is 0 Å². The molecule has 4 nitrogen and oxygen atoms in total. The molecule has 0 unspecified atom stereocenters. The molecule has 2 heterocycles. The van der Waals surface area contributed by atoms with E-state index in [-0.39, 0.29) is 5.91 Å². The number of likely N-dealkylation sites (tertiary alicyclic amines) is 1. The van der Waals surface area contributed by atoms with Crippen LogP contribution >= 0.6 is 11.6 Å². The van der Waals surface area contributed by atoms with E-state index in [1.54, 1.807) is 18.2 Å². The number of hydrogen-bond acceptors (Lipinski definition) is 3. The molecule has 0 bridgehead atoms. The molecular weight excluding hydrogens is 314 g/mol. The third kappa shape index (κ3) is 4.20. The smallest absolute Gasteiger partial charge is 0.246 e. The predicted molar refractivity (Wildman–Crippen MR) is 91.1 cm³/mol. The van der Waals surface area contributed by atoms with Gasteiger partial charge in [0.2, 0.25) is 5.91 Å². The van der Waals surface area contributed by atoms with E-state index in [4.69, 9.17) is 21.1 Å². The molecule has 1 amide bonds. The first kappa shape index (κ1) is 16.2. The molecule has 0 atom stereocenters. The molecule has 1 fully saturated rings. The molecule has 23 heavy (non-hydrogen) atoms. The fourth-order valence-corrected chi connectivity index (χ4v) is 3.18. The zero-order valence-electron chi connectivity index (χ0n) is 13.2. The summed E-state index contributed by atoms with van der Waals surface area (Å²) in [6.07, 6.45) is 8.87. The average Bonchev–Trinajstić information content (AvgIpc) is 2.95. The van der Waals surface area contributed by atoms with Gasteiger partial charge < -0.3 is 14.4 Å². The molecular formula is C18H22ClNO3. The highest BCUT2D eigenvalue weighted by Gasteiger charge is 2.16. The molecule has 1 aromatic carbocycles. The first-order valence-corrected chi connectivity index (χ1v) is 8.68. The van der Waals surface area contributed by atoms with Crippen LogP contribution in [0.5, 0.6) is 11.5 Å². The van der Waals surface area contributed by atoms with Gasteiger partial charge in [0, 0.05) is 25.6 Å². The highest BCUT2D eigenvalue weighted by molar-refractivity contribution is 6.32. The Balaban J connectivity index is 1.73. The average molecular weight is 336 g/mol. The molecule has 0 radical (unpaired) electrons. The molecule has 1 saturated heterocycles. The summed E-state index contributed by atoms with van der Waals surface area (Å²) in [7, 11) is 0. The minimum atomic E-state index is 0.0649. The molecule has 0 spiro atoms. The van der Waals surface area contributed by atoms with Gasteiger partial charge in [-0.2, -0.15) is 0 Å². The largest absolute Gasteiger partial charge is 0.489 e. The number of ether oxygens (including phenoxy) is 2. The Morgan fingerprint density at radius 3 is 2.57 bits per heavy atom. The third-order valence-electron chi connectivity index (χ3n) is 4.16. The second-order valence-corrected chi connectivity index (χ2v) is 6.36. The van der Waals surface area contributed by atoms with E-state index in [1.165, 1.54) is 12.8 Å². The van der Waals surface area contributed by atoms with E-state index >= 15 is 0 Å². The number of amides is 1. The maximum atomic E-state index is 12.3. The lowest BCUT2D eigenvalue weighted by Gasteiger charge is -2.18. The lowest BCUT2D eigenvalue weighted by Crippen LogP contribution is -2.30. The van der Waals surface area contributed by atoms with E-state index in [2.05, 4.69) is 0 Å². The number of hydrogen-bond donors (Lipinski definition) is 0. The van der Waals surface area contributed by atoms with Crippen molar-refractivity contribution in [1.82, 2.24) is 4.90 Å². The molecule has 2 aliphatic rings. The van der Waals surface area contributed by atoms with Gasteiger partial charge in [-0.3, -0.25) is 4.79 Å². The van der Waals surface area contributed by atoms with Gasteiger partial charge in [-0.05, 0) is 36.6 Å². The Hall–Kier alpha value is -1.68. The Bertz CT molecular complexity index is 592. The predicted octanol–water partition coefficient (Wildman–Crippen LogP) is 3.92. The normalized spacial score (nSPS) is 18.6. The molecule has 0 aromatic heterocycles. The molecule has 2 aliphatic heterocycles. The number of benzene rings is 1. The van der Waals surface area contributed by atoms with E-state index < -0.39 is 0 Å². The molecule has 0 N–H and O–H groups in total. The SMILES string of the molecule is O=C(/C=C/c1cc(Cl)c2c(c1)OCCCO2)N1CCCCCC1. The van der Waals surface area contributed by atoms with Crippen molar-refractivity contribution in [3.63, 3.8) is 0 Å². The van der Waals surface area contributed by atoms with Gasteiger partial charge in [-0.25, -0.2) is 0 Å². The summed E-state index contributed by atoms with van der Waals surface area (Å²) in [6.45, 7) is 2.93. The second-order valence-electron chi connectivity index (χ2n) is 5.95. The minimum absolute atomic E-state index is 0.0649. The van der Waals surface area contributed by atoms with Crippen LogP contribution < -0.4 is 9.47 Å². The number of rotatable bonds is 2. The lowest BCUT2D eigenvalue weighted by atomic mass is 10.2. The number of fused-ring (bicyclic) bond motifs is 1. The molecule has 5 heteroatoms. The quantitative estimate of drug-likeness (QED) is 0.769. The van der Waals surface area contributed by atoms with Gasteiger partial charge in [0.1, 0.15) is 0 Å². The Morgan fingerprint density at radius 2 is 1.78 bits per heavy atom. The molecule has 3 rings (SSSR count). The summed E-state index contributed by atoms with van der Waals surface area (Å²) in [5.41, 5.74) is 0.849. The van der Waals surface area contributed by atoms with Gasteiger partial charge in [0.25, 0.3) is 0 Å². The summed E-state index contributed by atoms with van der Waals surface area (Å²) in [5, 5.41) is 0.520. The summed E-state index contributed by atoms with van der Waals surface area (Å²) in [6, 6.07) is 3.68. The number of halogens is 1. The fraction of sp³-hybridized carbons (Fsp3) is 0.500. The number of carbonyl (C=O) groups excluding carboxylic acids is 1. The molecule has 1 aromatic rings. The number of carbonyl (C=O) groups is 1. The van der Waals surface area contributed by atoms with E-state index in [9.17, 15) is 4.79 Å². The molecule has 124 valence electrons. The molecule has 0 aliphatic carbocycles. The van der Waals surface area contributed by atoms with Crippen molar-refractivity contribution in [3.05, 3.63) is 28.8 Å². The van der Waals surface area contributed by atoms with Crippen LogP contribution in [0.3, 0.4) is 0 Å². The van der Waals surface area contributed by atoms with E-state index in [0.29, 0.717) is 29.7 Å². The lowest BCUT2D eigenvalue weighted by molar-refractivity contribution is -0.125. The van der Waals surface area contributed by atoms with Gasteiger partial charge >= 0.3 is 0 Å². The van der Waals surface area contributed by atoms with Gasteiger partial charge in [0.15, 0.2) is 11.5 Å². The van der Waals surface area contributed by atoms with Crippen molar-refractivity contribution < 1.29 is 14.3 Å². The van der Waals surface area contributed by atoms with Crippen molar-refractivity contribution >= 4 is 23.6 Å². The summed E-state index contributed by atoms with van der Waals surface area (Å²) < 4.78 is 11.3. The number of nitrogens with zero attached hydrogens (tertiary/aromatic N) is 1. The van der Waals surface area contributed by atoms with Gasteiger partial charge in [0.05, 0.1) is 18.2 Å². The van der Waals surface area contributed by atoms with Crippen molar-refractivity contribution in [3.8, 4) is 11.5 Å². The zero-order chi connectivity index (χ0) is 16.1. The second kappa shape index (κ2) is 7.73. The van der Waals surface area contributed by atoms with Crippen LogP contribution in [0.25, 0.3) is 6.08 Å². The minimum Gasteiger partial charge on any atom is -0.489 e. The van der Waals surface area contributed by atoms with Crippen LogP contribution in [-0.2, 0) is 4.79 Å². The van der Waals surface area contributed by atoms with Crippen molar-refractivity contribution in [2.75, 3.05) is 26.3 Å². The zero-order valence-corrected chi connectivity index (χ0v) is 14.0. The summed E-state index contributed by atoms with van der Waals surface area (Å²) in [5.74, 6) is 1.31. The van der Waals surface area contributed by atoms with Crippen LogP contribution in [0.15, 0.2) is 18.2 Å². The maximum Gasteiger partial charge on any atom is 0.246 e. The highest BCUT2D eigenvalue weighted by Crippen LogP contribution is 2.38.